The minimum Gasteiger partial charge on any atom is -0.394 e. The van der Waals surface area contributed by atoms with E-state index in [0.717, 1.165) is 20.8 Å². The first-order chi connectivity index (χ1) is 20.4. The molecule has 2 saturated heterocycles. The third-order valence-electron chi connectivity index (χ3n) is 6.87. The second-order valence-electron chi connectivity index (χ2n) is 10.5. The molecule has 20 nitrogen and oxygen atoms in total. The van der Waals surface area contributed by atoms with Crippen LogP contribution in [0.25, 0.3) is 0 Å². The van der Waals surface area contributed by atoms with Gasteiger partial charge in [-0.25, -0.2) is 0 Å². The predicted molar refractivity (Wildman–Crippen MR) is 141 cm³/mol. The molecule has 14 atom stereocenters. The molecule has 0 bridgehead atoms. The van der Waals surface area contributed by atoms with Crippen LogP contribution in [0.2, 0.25) is 0 Å². The van der Waals surface area contributed by atoms with Crippen molar-refractivity contribution in [1.82, 2.24) is 16.0 Å². The van der Waals surface area contributed by atoms with Gasteiger partial charge in [-0.2, -0.15) is 0 Å². The van der Waals surface area contributed by atoms with Crippen LogP contribution in [0, 0.1) is 0 Å². The van der Waals surface area contributed by atoms with E-state index in [0.29, 0.717) is 0 Å². The number of hydrogen-bond acceptors (Lipinski definition) is 15. The lowest BCUT2D eigenvalue weighted by atomic mass is 9.93. The van der Waals surface area contributed by atoms with Gasteiger partial charge in [0.05, 0.1) is 18.8 Å². The summed E-state index contributed by atoms with van der Waals surface area (Å²) in [4.78, 5) is 60.1. The van der Waals surface area contributed by atoms with Gasteiger partial charge in [-0.15, -0.1) is 0 Å². The van der Waals surface area contributed by atoms with Crippen LogP contribution < -0.4 is 27.4 Å². The van der Waals surface area contributed by atoms with Crippen LogP contribution in [-0.4, -0.2) is 152 Å². The summed E-state index contributed by atoms with van der Waals surface area (Å²) in [7, 11) is 0. The number of nitrogens with two attached hydrogens (primary N) is 2. The zero-order valence-electron chi connectivity index (χ0n) is 24.3. The number of aliphatic hydroxyl groups excluding tert-OH is 6. The second-order valence-corrected chi connectivity index (χ2v) is 10.5. The Morgan fingerprint density at radius 1 is 0.795 bits per heavy atom. The first kappa shape index (κ1) is 37.1. The van der Waals surface area contributed by atoms with Gasteiger partial charge in [0.25, 0.3) is 0 Å². The highest BCUT2D eigenvalue weighted by Gasteiger charge is 2.55. The predicted octanol–water partition coefficient (Wildman–Crippen LogP) is -7.49. The monoisotopic (exact) mass is 639 g/mol. The number of ether oxygens (including phenoxy) is 4. The molecule has 0 aromatic heterocycles. The van der Waals surface area contributed by atoms with E-state index in [4.69, 9.17) is 30.4 Å². The molecule has 2 aliphatic heterocycles. The van der Waals surface area contributed by atoms with E-state index in [-0.39, 0.29) is 0 Å². The van der Waals surface area contributed by atoms with Crippen LogP contribution in [0.15, 0.2) is 0 Å². The molecule has 0 unspecified atom stereocenters. The summed E-state index contributed by atoms with van der Waals surface area (Å²) in [6.07, 6.45) is -20.3. The number of primary amides is 2. The summed E-state index contributed by atoms with van der Waals surface area (Å²) < 4.78 is 22.5. The highest BCUT2D eigenvalue weighted by atomic mass is 16.7. The van der Waals surface area contributed by atoms with Crippen LogP contribution >= 0.6 is 0 Å². The first-order valence-corrected chi connectivity index (χ1v) is 13.4. The SMILES string of the molecule is CC(=O)N[C@H]1[C@@H](O[C@@H]([C@H](O)[C@@H](C)O)[C@H](CO)NC(C)=O)O[C@H](C(N)=O)[C@H](O[C@H]2O[C@H](C(N)=O)[C@H](O)[C@H](O)[C@H]2NC(C)=O)[C@@H]1O. The van der Waals surface area contributed by atoms with Crippen molar-refractivity contribution in [2.24, 2.45) is 11.5 Å². The third-order valence-corrected chi connectivity index (χ3v) is 6.87. The van der Waals surface area contributed by atoms with E-state index in [1.54, 1.807) is 0 Å². The van der Waals surface area contributed by atoms with Crippen LogP contribution in [0.4, 0.5) is 0 Å². The van der Waals surface area contributed by atoms with Crippen molar-refractivity contribution in [2.75, 3.05) is 6.61 Å². The van der Waals surface area contributed by atoms with Gasteiger partial charge in [0.15, 0.2) is 24.8 Å². The van der Waals surface area contributed by atoms with Crippen molar-refractivity contribution in [2.45, 2.75) is 113 Å². The maximum Gasteiger partial charge on any atom is 0.249 e. The Kier molecular flexibility index (Phi) is 13.3. The Hall–Kier alpha value is -3.05. The van der Waals surface area contributed by atoms with Crippen LogP contribution in [0.1, 0.15) is 27.7 Å². The normalized spacial score (nSPS) is 35.0. The van der Waals surface area contributed by atoms with Gasteiger partial charge in [0.2, 0.25) is 29.5 Å². The van der Waals surface area contributed by atoms with Crippen molar-refractivity contribution in [3.63, 3.8) is 0 Å². The molecule has 2 rings (SSSR count). The Balaban J connectivity index is 2.52. The molecule has 20 heteroatoms. The number of aliphatic hydroxyl groups is 6. The standard InChI is InChI=1S/C24H41N5O15/c1-6(31)13(35)17(10(5-30)27-7(2)32)41-24-12(29-9(4)34)15(37)18(20(44-24)22(26)40)42-23-11(28-8(3)33)14(36)16(38)19(43-23)21(25)39/h6,10-20,23-24,30-31,35-38H,5H2,1-4H3,(H2,25,39)(H2,26,40)(H,27,32)(H,28,33)(H,29,34)/t6-,10+,11-,12-,13-,14-,15-,16-,17-,18-,19+,20+,23+,24+/m1/s1. The quantitative estimate of drug-likeness (QED) is 0.0891. The molecule has 0 saturated carbocycles. The molecule has 5 amide bonds. The third kappa shape index (κ3) is 9.00. The Labute approximate surface area is 250 Å². The number of hydrogen-bond donors (Lipinski definition) is 11. The van der Waals surface area contributed by atoms with Gasteiger partial charge >= 0.3 is 0 Å². The van der Waals surface area contributed by atoms with Crippen molar-refractivity contribution in [3.05, 3.63) is 0 Å². The van der Waals surface area contributed by atoms with Gasteiger partial charge < -0.3 is 77.0 Å². The number of rotatable bonds is 13. The number of carbonyl (C=O) groups excluding carboxylic acids is 5. The highest BCUT2D eigenvalue weighted by molar-refractivity contribution is 5.81. The van der Waals surface area contributed by atoms with E-state index >= 15 is 0 Å². The zero-order valence-corrected chi connectivity index (χ0v) is 24.3. The molecule has 2 aliphatic rings. The maximum atomic E-state index is 12.5. The average molecular weight is 640 g/mol. The fourth-order valence-electron chi connectivity index (χ4n) is 4.83. The van der Waals surface area contributed by atoms with Crippen molar-refractivity contribution in [3.8, 4) is 0 Å². The van der Waals surface area contributed by atoms with Gasteiger partial charge in [-0.3, -0.25) is 24.0 Å². The summed E-state index contributed by atoms with van der Waals surface area (Å²) in [5.41, 5.74) is 10.8. The van der Waals surface area contributed by atoms with Crippen LogP contribution in [0.5, 0.6) is 0 Å². The van der Waals surface area contributed by atoms with Gasteiger partial charge in [-0.05, 0) is 6.92 Å². The molecular formula is C24H41N5O15. The average Bonchev–Trinajstić information content (AvgIpc) is 2.91. The van der Waals surface area contributed by atoms with Crippen molar-refractivity contribution < 1.29 is 73.6 Å². The summed E-state index contributed by atoms with van der Waals surface area (Å²) in [6.45, 7) is 3.54. The van der Waals surface area contributed by atoms with Crippen molar-refractivity contribution in [1.29, 1.82) is 0 Å². The molecular weight excluding hydrogens is 598 g/mol. The summed E-state index contributed by atoms with van der Waals surface area (Å²) in [6, 6.07) is -4.62. The summed E-state index contributed by atoms with van der Waals surface area (Å²) in [5.74, 6) is -4.69. The van der Waals surface area contributed by atoms with E-state index in [9.17, 15) is 54.6 Å². The molecule has 0 aliphatic carbocycles. The topological polar surface area (TPSA) is 332 Å². The lowest BCUT2D eigenvalue weighted by Crippen LogP contribution is -2.71. The Morgan fingerprint density at radius 2 is 1.30 bits per heavy atom. The molecule has 2 fully saturated rings. The van der Waals surface area contributed by atoms with Gasteiger partial charge in [0, 0.05) is 20.8 Å². The largest absolute Gasteiger partial charge is 0.394 e. The minimum absolute atomic E-state index is 0.662. The molecule has 13 N–H and O–H groups in total. The van der Waals surface area contributed by atoms with E-state index in [2.05, 4.69) is 16.0 Å². The summed E-state index contributed by atoms with van der Waals surface area (Å²) >= 11 is 0. The van der Waals surface area contributed by atoms with E-state index in [1.165, 1.54) is 6.92 Å². The van der Waals surface area contributed by atoms with E-state index in [1.807, 2.05) is 0 Å². The molecule has 0 aromatic carbocycles. The number of carbonyl (C=O) groups is 5. The molecule has 252 valence electrons. The molecule has 0 radical (unpaired) electrons. The molecule has 44 heavy (non-hydrogen) atoms. The van der Waals surface area contributed by atoms with E-state index < -0.39 is 122 Å². The lowest BCUT2D eigenvalue weighted by Gasteiger charge is -2.48. The Morgan fingerprint density at radius 3 is 1.73 bits per heavy atom. The molecule has 0 aromatic rings. The van der Waals surface area contributed by atoms with Crippen LogP contribution in [-0.2, 0) is 42.9 Å². The summed E-state index contributed by atoms with van der Waals surface area (Å²) in [5, 5.41) is 69.7. The highest BCUT2D eigenvalue weighted by Crippen LogP contribution is 2.31. The first-order valence-electron chi connectivity index (χ1n) is 13.4. The fourth-order valence-corrected chi connectivity index (χ4v) is 4.83. The number of nitrogens with one attached hydrogen (secondary N) is 3. The maximum absolute atomic E-state index is 12.5. The molecule has 0 spiro atoms. The van der Waals surface area contributed by atoms with Crippen molar-refractivity contribution >= 4 is 29.5 Å². The van der Waals surface area contributed by atoms with Gasteiger partial charge in [-0.1, -0.05) is 0 Å². The minimum atomic E-state index is -1.99. The van der Waals surface area contributed by atoms with Crippen LogP contribution in [0.3, 0.4) is 0 Å². The van der Waals surface area contributed by atoms with Gasteiger partial charge in [0.1, 0.15) is 48.7 Å². The molecule has 2 heterocycles. The number of amides is 5. The zero-order chi connectivity index (χ0) is 33.6. The smallest absolute Gasteiger partial charge is 0.249 e. The second kappa shape index (κ2) is 15.8. The fraction of sp³-hybridized carbons (Fsp3) is 0.792. The lowest BCUT2D eigenvalue weighted by molar-refractivity contribution is -0.327. The Bertz CT molecular complexity index is 1050.